The van der Waals surface area contributed by atoms with Gasteiger partial charge in [-0.05, 0) is 19.9 Å². The first-order chi connectivity index (χ1) is 13.5. The van der Waals surface area contributed by atoms with Gasteiger partial charge in [0.2, 0.25) is 9.84 Å². The van der Waals surface area contributed by atoms with E-state index < -0.39 is 33.1 Å². The molecule has 0 saturated carbocycles. The van der Waals surface area contributed by atoms with Crippen LogP contribution in [0.15, 0.2) is 34.5 Å². The number of benzene rings is 1. The molecular weight excluding hydrogens is 405 g/mol. The first kappa shape index (κ1) is 20.8. The second-order valence-corrected chi connectivity index (χ2v) is 9.11. The molecular formula is C18H20FN3O6S. The maximum atomic E-state index is 14.4. The van der Waals surface area contributed by atoms with E-state index in [4.69, 9.17) is 14.1 Å². The van der Waals surface area contributed by atoms with Crippen molar-refractivity contribution in [2.45, 2.75) is 31.6 Å². The number of sulfone groups is 1. The lowest BCUT2D eigenvalue weighted by Crippen LogP contribution is -2.28. The van der Waals surface area contributed by atoms with Crippen molar-refractivity contribution in [3.05, 3.63) is 36.3 Å². The van der Waals surface area contributed by atoms with E-state index in [0.717, 1.165) is 11.0 Å². The molecule has 1 amide bonds. The zero-order valence-electron chi connectivity index (χ0n) is 16.1. The second kappa shape index (κ2) is 7.47. The van der Waals surface area contributed by atoms with Gasteiger partial charge in [-0.1, -0.05) is 23.0 Å². The smallest absolute Gasteiger partial charge is 0.414 e. The number of fused-ring (bicyclic) bond motifs is 1. The molecule has 0 N–H and O–H groups in total. The molecule has 1 aromatic heterocycles. The minimum atomic E-state index is -3.82. The molecule has 2 aromatic rings. The largest absolute Gasteiger partial charge is 0.445 e. The van der Waals surface area contributed by atoms with E-state index in [1.54, 1.807) is 13.8 Å². The number of aromatic nitrogens is 1. The summed E-state index contributed by atoms with van der Waals surface area (Å²) >= 11 is 0. The van der Waals surface area contributed by atoms with Crippen LogP contribution in [0.25, 0.3) is 11.0 Å². The SMILES string of the molecule is C=CCOC(=O)N(C)c1cc2c(CS(=O)(=O)C3=NOC(C)(C)C3)noc2cc1F. The van der Waals surface area contributed by atoms with Crippen LogP contribution < -0.4 is 4.90 Å². The summed E-state index contributed by atoms with van der Waals surface area (Å²) in [5.74, 6) is -1.26. The summed E-state index contributed by atoms with van der Waals surface area (Å²) in [4.78, 5) is 18.1. The van der Waals surface area contributed by atoms with Crippen LogP contribution >= 0.6 is 0 Å². The van der Waals surface area contributed by atoms with Gasteiger partial charge in [-0.2, -0.15) is 0 Å². The minimum Gasteiger partial charge on any atom is -0.445 e. The maximum absolute atomic E-state index is 14.4. The number of halogens is 1. The molecule has 0 unspecified atom stereocenters. The predicted molar refractivity (Wildman–Crippen MR) is 104 cm³/mol. The highest BCUT2D eigenvalue weighted by molar-refractivity contribution is 8.05. The second-order valence-electron chi connectivity index (χ2n) is 7.13. The number of carbonyl (C=O) groups excluding carboxylic acids is 1. The summed E-state index contributed by atoms with van der Waals surface area (Å²) in [7, 11) is -2.50. The number of amides is 1. The zero-order valence-corrected chi connectivity index (χ0v) is 17.0. The summed E-state index contributed by atoms with van der Waals surface area (Å²) < 4.78 is 49.7. The topological polar surface area (TPSA) is 111 Å². The summed E-state index contributed by atoms with van der Waals surface area (Å²) in [6.45, 7) is 6.85. The van der Waals surface area contributed by atoms with E-state index in [-0.39, 0.29) is 40.4 Å². The van der Waals surface area contributed by atoms with Gasteiger partial charge in [0.25, 0.3) is 0 Å². The molecule has 3 rings (SSSR count). The Morgan fingerprint density at radius 3 is 2.79 bits per heavy atom. The van der Waals surface area contributed by atoms with E-state index in [1.165, 1.54) is 19.2 Å². The highest BCUT2D eigenvalue weighted by atomic mass is 32.2. The van der Waals surface area contributed by atoms with Crippen LogP contribution in [-0.2, 0) is 25.2 Å². The van der Waals surface area contributed by atoms with E-state index >= 15 is 0 Å². The Labute approximate surface area is 166 Å². The molecule has 0 atom stereocenters. The molecule has 11 heteroatoms. The lowest BCUT2D eigenvalue weighted by Gasteiger charge is -2.17. The van der Waals surface area contributed by atoms with Crippen molar-refractivity contribution in [3.63, 3.8) is 0 Å². The number of oxime groups is 1. The first-order valence-electron chi connectivity index (χ1n) is 8.61. The molecule has 156 valence electrons. The van der Waals surface area contributed by atoms with Crippen LogP contribution in [-0.4, -0.2) is 44.0 Å². The van der Waals surface area contributed by atoms with Gasteiger partial charge >= 0.3 is 6.09 Å². The average molecular weight is 425 g/mol. The van der Waals surface area contributed by atoms with Crippen LogP contribution in [0.4, 0.5) is 14.9 Å². The van der Waals surface area contributed by atoms with E-state index in [2.05, 4.69) is 16.9 Å². The van der Waals surface area contributed by atoms with E-state index in [9.17, 15) is 17.6 Å². The summed E-state index contributed by atoms with van der Waals surface area (Å²) in [5.41, 5.74) is -0.703. The van der Waals surface area contributed by atoms with Crippen molar-refractivity contribution in [1.29, 1.82) is 0 Å². The number of rotatable bonds is 5. The van der Waals surface area contributed by atoms with Crippen molar-refractivity contribution in [2.75, 3.05) is 18.6 Å². The number of ether oxygens (including phenoxy) is 1. The van der Waals surface area contributed by atoms with Gasteiger partial charge < -0.3 is 14.1 Å². The third kappa shape index (κ3) is 4.24. The van der Waals surface area contributed by atoms with E-state index in [1.807, 2.05) is 0 Å². The molecule has 2 heterocycles. The molecule has 0 fully saturated rings. The molecule has 0 radical (unpaired) electrons. The zero-order chi connectivity index (χ0) is 21.4. The molecule has 29 heavy (non-hydrogen) atoms. The fraction of sp³-hybridized carbons (Fsp3) is 0.389. The molecule has 0 spiro atoms. The van der Waals surface area contributed by atoms with Crippen LogP contribution in [0, 0.1) is 5.82 Å². The fourth-order valence-corrected chi connectivity index (χ4v) is 4.17. The highest BCUT2D eigenvalue weighted by Crippen LogP contribution is 2.31. The summed E-state index contributed by atoms with van der Waals surface area (Å²) in [6, 6.07) is 2.32. The van der Waals surface area contributed by atoms with Gasteiger partial charge in [-0.3, -0.25) is 4.90 Å². The normalized spacial score (nSPS) is 15.7. The third-order valence-electron chi connectivity index (χ3n) is 4.23. The lowest BCUT2D eigenvalue weighted by atomic mass is 10.1. The van der Waals surface area contributed by atoms with Crippen molar-refractivity contribution >= 4 is 37.6 Å². The van der Waals surface area contributed by atoms with Gasteiger partial charge in [0.05, 0.1) is 5.69 Å². The number of anilines is 1. The summed E-state index contributed by atoms with van der Waals surface area (Å²) in [5, 5.41) is 7.59. The van der Waals surface area contributed by atoms with Crippen molar-refractivity contribution in [3.8, 4) is 0 Å². The quantitative estimate of drug-likeness (QED) is 0.677. The number of nitrogens with zero attached hydrogens (tertiary/aromatic N) is 3. The highest BCUT2D eigenvalue weighted by Gasteiger charge is 2.36. The third-order valence-corrected chi connectivity index (χ3v) is 5.82. The van der Waals surface area contributed by atoms with Crippen molar-refractivity contribution in [1.82, 2.24) is 5.16 Å². The standard InChI is InChI=1S/C18H20FN3O6S/c1-5-6-26-17(23)22(4)14-7-11-13(20-27-15(11)8-12(14)19)10-29(24,25)16-9-18(2,3)28-21-16/h5,7-8H,1,6,9-10H2,2-4H3. The van der Waals surface area contributed by atoms with Crippen LogP contribution in [0.3, 0.4) is 0 Å². The number of hydrogen-bond acceptors (Lipinski definition) is 8. The fourth-order valence-electron chi connectivity index (χ4n) is 2.72. The Balaban J connectivity index is 1.92. The first-order valence-corrected chi connectivity index (χ1v) is 10.3. The summed E-state index contributed by atoms with van der Waals surface area (Å²) in [6.07, 6.45) is 0.710. The number of carbonyl (C=O) groups is 1. The van der Waals surface area contributed by atoms with Crippen LogP contribution in [0.1, 0.15) is 26.0 Å². The maximum Gasteiger partial charge on any atom is 0.414 e. The number of hydrogen-bond donors (Lipinski definition) is 0. The van der Waals surface area contributed by atoms with Gasteiger partial charge in [0, 0.05) is 24.9 Å². The van der Waals surface area contributed by atoms with Crippen LogP contribution in [0.5, 0.6) is 0 Å². The Morgan fingerprint density at radius 1 is 1.45 bits per heavy atom. The Hall–Kier alpha value is -2.95. The molecule has 1 aliphatic rings. The predicted octanol–water partition coefficient (Wildman–Crippen LogP) is 3.15. The molecule has 1 aliphatic heterocycles. The Kier molecular flexibility index (Phi) is 5.35. The van der Waals surface area contributed by atoms with Crippen molar-refractivity contribution < 1.29 is 31.7 Å². The van der Waals surface area contributed by atoms with Crippen LogP contribution in [0.2, 0.25) is 0 Å². The Morgan fingerprint density at radius 2 is 2.17 bits per heavy atom. The van der Waals surface area contributed by atoms with Crippen molar-refractivity contribution in [2.24, 2.45) is 5.16 Å². The molecule has 0 aliphatic carbocycles. The molecule has 9 nitrogen and oxygen atoms in total. The molecule has 0 bridgehead atoms. The molecule has 1 aromatic carbocycles. The lowest BCUT2D eigenvalue weighted by molar-refractivity contribution is 0.0123. The average Bonchev–Trinajstić information content (AvgIpc) is 3.21. The van der Waals surface area contributed by atoms with Gasteiger partial charge in [-0.15, -0.1) is 0 Å². The monoisotopic (exact) mass is 425 g/mol. The van der Waals surface area contributed by atoms with Gasteiger partial charge in [-0.25, -0.2) is 17.6 Å². The Bertz CT molecular complexity index is 1110. The van der Waals surface area contributed by atoms with Gasteiger partial charge in [0.1, 0.15) is 23.7 Å². The minimum absolute atomic E-state index is 0.0374. The molecule has 0 saturated heterocycles. The van der Waals surface area contributed by atoms with Gasteiger partial charge in [0.15, 0.2) is 16.4 Å². The van der Waals surface area contributed by atoms with E-state index in [0.29, 0.717) is 0 Å².